The van der Waals surface area contributed by atoms with Crippen molar-refractivity contribution in [3.63, 3.8) is 0 Å². The van der Waals surface area contributed by atoms with Crippen LogP contribution in [0, 0.1) is 0 Å². The smallest absolute Gasteiger partial charge is 0.338 e. The van der Waals surface area contributed by atoms with Crippen LogP contribution in [0.1, 0.15) is 22.3 Å². The molecule has 1 aliphatic heterocycles. The number of benzene rings is 2. The number of ether oxygens (including phenoxy) is 4. The Morgan fingerprint density at radius 1 is 1.07 bits per heavy atom. The van der Waals surface area contributed by atoms with Gasteiger partial charge in [-0.25, -0.2) is 4.79 Å². The number of methoxy groups -OCH3 is 3. The minimum Gasteiger partial charge on any atom is -0.493 e. The molecule has 142 valence electrons. The zero-order valence-electron chi connectivity index (χ0n) is 15.4. The van der Waals surface area contributed by atoms with Gasteiger partial charge < -0.3 is 23.8 Å². The fraction of sp³-hybridized carbons (Fsp3) is 0.300. The highest BCUT2D eigenvalue weighted by Crippen LogP contribution is 2.38. The quantitative estimate of drug-likeness (QED) is 0.697. The van der Waals surface area contributed by atoms with Crippen molar-refractivity contribution in [2.45, 2.75) is 12.5 Å². The molecule has 0 unspecified atom stereocenters. The number of rotatable bonds is 7. The number of nitrogens with zero attached hydrogens (tertiary/aromatic N) is 1. The van der Waals surface area contributed by atoms with Gasteiger partial charge in [-0.3, -0.25) is 0 Å². The summed E-state index contributed by atoms with van der Waals surface area (Å²) in [7, 11) is 4.47. The number of carbonyl (C=O) groups is 1. The summed E-state index contributed by atoms with van der Waals surface area (Å²) in [5.41, 5.74) is 2.13. The maximum atomic E-state index is 12.4. The summed E-state index contributed by atoms with van der Waals surface area (Å²) < 4.78 is 21.1. The van der Waals surface area contributed by atoms with Gasteiger partial charge >= 0.3 is 5.97 Å². The molecule has 0 saturated heterocycles. The number of oxime groups is 1. The second-order valence-corrected chi connectivity index (χ2v) is 5.85. The molecule has 2 aromatic rings. The number of hydrogen-bond donors (Lipinski definition) is 0. The monoisotopic (exact) mass is 371 g/mol. The van der Waals surface area contributed by atoms with Gasteiger partial charge in [0.2, 0.25) is 5.75 Å². The van der Waals surface area contributed by atoms with Crippen LogP contribution >= 0.6 is 0 Å². The van der Waals surface area contributed by atoms with Gasteiger partial charge in [-0.05, 0) is 17.7 Å². The highest BCUT2D eigenvalue weighted by molar-refractivity contribution is 6.01. The third-order valence-corrected chi connectivity index (χ3v) is 4.14. The maximum Gasteiger partial charge on any atom is 0.338 e. The van der Waals surface area contributed by atoms with E-state index in [2.05, 4.69) is 5.16 Å². The van der Waals surface area contributed by atoms with E-state index in [-0.39, 0.29) is 12.7 Å². The van der Waals surface area contributed by atoms with Crippen molar-refractivity contribution in [2.75, 3.05) is 27.9 Å². The van der Waals surface area contributed by atoms with Crippen molar-refractivity contribution in [2.24, 2.45) is 5.16 Å². The molecule has 1 aliphatic rings. The van der Waals surface area contributed by atoms with E-state index < -0.39 is 5.97 Å². The van der Waals surface area contributed by atoms with Gasteiger partial charge in [0, 0.05) is 6.42 Å². The van der Waals surface area contributed by atoms with Crippen molar-refractivity contribution in [3.8, 4) is 17.2 Å². The first-order valence-corrected chi connectivity index (χ1v) is 8.41. The second-order valence-electron chi connectivity index (χ2n) is 5.85. The molecule has 0 saturated carbocycles. The predicted octanol–water partition coefficient (Wildman–Crippen LogP) is 3.06. The first-order valence-electron chi connectivity index (χ1n) is 8.41. The molecule has 0 N–H and O–H groups in total. The standard InChI is InChI=1S/C20H21NO6/c1-23-17-9-14(10-18(24-2)19(17)25-3)20(22)26-12-15-11-16(21-27-15)13-7-5-4-6-8-13/h4-10,15H,11-12H2,1-3H3/t15-/m0/s1. The molecule has 0 bridgehead atoms. The van der Waals surface area contributed by atoms with Crippen LogP contribution in [0.15, 0.2) is 47.6 Å². The number of hydrogen-bond acceptors (Lipinski definition) is 7. The highest BCUT2D eigenvalue weighted by atomic mass is 16.7. The van der Waals surface area contributed by atoms with Crippen molar-refractivity contribution in [3.05, 3.63) is 53.6 Å². The van der Waals surface area contributed by atoms with Crippen molar-refractivity contribution in [1.82, 2.24) is 0 Å². The average molecular weight is 371 g/mol. The lowest BCUT2D eigenvalue weighted by Gasteiger charge is -2.14. The van der Waals surface area contributed by atoms with E-state index in [1.807, 2.05) is 30.3 Å². The van der Waals surface area contributed by atoms with Crippen LogP contribution in [-0.2, 0) is 9.57 Å². The fourth-order valence-corrected chi connectivity index (χ4v) is 2.77. The van der Waals surface area contributed by atoms with E-state index in [0.29, 0.717) is 29.2 Å². The van der Waals surface area contributed by atoms with E-state index in [9.17, 15) is 4.79 Å². The van der Waals surface area contributed by atoms with Crippen LogP contribution in [-0.4, -0.2) is 45.7 Å². The Labute approximate surface area is 157 Å². The third kappa shape index (κ3) is 4.13. The molecule has 0 spiro atoms. The lowest BCUT2D eigenvalue weighted by molar-refractivity contribution is 0.00682. The van der Waals surface area contributed by atoms with Gasteiger partial charge in [0.25, 0.3) is 0 Å². The fourth-order valence-electron chi connectivity index (χ4n) is 2.77. The SMILES string of the molecule is COc1cc(C(=O)OC[C@@H]2CC(c3ccccc3)=NO2)cc(OC)c1OC. The molecule has 1 atom stereocenters. The predicted molar refractivity (Wildman–Crippen MR) is 98.8 cm³/mol. The summed E-state index contributed by atoms with van der Waals surface area (Å²) in [5, 5.41) is 4.08. The summed E-state index contributed by atoms with van der Waals surface area (Å²) in [4.78, 5) is 17.8. The van der Waals surface area contributed by atoms with Crippen molar-refractivity contribution in [1.29, 1.82) is 0 Å². The normalized spacial score (nSPS) is 15.5. The number of carbonyl (C=O) groups excluding carboxylic acids is 1. The van der Waals surface area contributed by atoms with E-state index in [4.69, 9.17) is 23.8 Å². The highest BCUT2D eigenvalue weighted by Gasteiger charge is 2.25. The van der Waals surface area contributed by atoms with Crippen LogP contribution in [0.25, 0.3) is 0 Å². The van der Waals surface area contributed by atoms with Crippen LogP contribution in [0.3, 0.4) is 0 Å². The molecular formula is C20H21NO6. The summed E-state index contributed by atoms with van der Waals surface area (Å²) in [6.07, 6.45) is 0.262. The van der Waals surface area contributed by atoms with Crippen LogP contribution < -0.4 is 14.2 Å². The second kappa shape index (κ2) is 8.44. The zero-order chi connectivity index (χ0) is 19.2. The van der Waals surface area contributed by atoms with Gasteiger partial charge in [0.15, 0.2) is 17.6 Å². The molecule has 0 radical (unpaired) electrons. The molecule has 1 heterocycles. The Bertz CT molecular complexity index is 809. The summed E-state index contributed by atoms with van der Waals surface area (Å²) in [6.45, 7) is 0.0926. The van der Waals surface area contributed by atoms with Gasteiger partial charge in [-0.15, -0.1) is 0 Å². The Hall–Kier alpha value is -3.22. The van der Waals surface area contributed by atoms with Gasteiger partial charge in [0.1, 0.15) is 6.61 Å². The molecular weight excluding hydrogens is 350 g/mol. The molecule has 0 fully saturated rings. The molecule has 0 aliphatic carbocycles. The van der Waals surface area contributed by atoms with E-state index in [1.165, 1.54) is 21.3 Å². The maximum absolute atomic E-state index is 12.4. The lowest BCUT2D eigenvalue weighted by atomic mass is 10.1. The molecule has 7 heteroatoms. The number of esters is 1. The average Bonchev–Trinajstić information content (AvgIpc) is 3.20. The summed E-state index contributed by atoms with van der Waals surface area (Å²) in [6, 6.07) is 12.8. The summed E-state index contributed by atoms with van der Waals surface area (Å²) >= 11 is 0. The van der Waals surface area contributed by atoms with E-state index in [1.54, 1.807) is 12.1 Å². The van der Waals surface area contributed by atoms with Crippen molar-refractivity contribution < 1.29 is 28.6 Å². The van der Waals surface area contributed by atoms with E-state index in [0.717, 1.165) is 11.3 Å². The van der Waals surface area contributed by atoms with Crippen LogP contribution in [0.4, 0.5) is 0 Å². The molecule has 7 nitrogen and oxygen atoms in total. The Balaban J connectivity index is 1.62. The van der Waals surface area contributed by atoms with Gasteiger partial charge in [-0.1, -0.05) is 35.5 Å². The first-order chi connectivity index (χ1) is 13.2. The zero-order valence-corrected chi connectivity index (χ0v) is 15.4. The Morgan fingerprint density at radius 2 is 1.74 bits per heavy atom. The largest absolute Gasteiger partial charge is 0.493 e. The third-order valence-electron chi connectivity index (χ3n) is 4.14. The first kappa shape index (κ1) is 18.6. The molecule has 0 amide bonds. The van der Waals surface area contributed by atoms with Gasteiger partial charge in [-0.2, -0.15) is 0 Å². The molecule has 0 aromatic heterocycles. The van der Waals surface area contributed by atoms with E-state index >= 15 is 0 Å². The molecule has 2 aromatic carbocycles. The Kier molecular flexibility index (Phi) is 5.80. The minimum absolute atomic E-state index is 0.0926. The topological polar surface area (TPSA) is 75.6 Å². The minimum atomic E-state index is -0.508. The van der Waals surface area contributed by atoms with Crippen molar-refractivity contribution >= 4 is 11.7 Å². The summed E-state index contributed by atoms with van der Waals surface area (Å²) in [5.74, 6) is 0.675. The Morgan fingerprint density at radius 3 is 2.33 bits per heavy atom. The molecule has 27 heavy (non-hydrogen) atoms. The van der Waals surface area contributed by atoms with Crippen LogP contribution in [0.5, 0.6) is 17.2 Å². The lowest BCUT2D eigenvalue weighted by Crippen LogP contribution is -2.19. The molecule has 3 rings (SSSR count). The van der Waals surface area contributed by atoms with Gasteiger partial charge in [0.05, 0.1) is 32.6 Å². The van der Waals surface area contributed by atoms with Crippen LogP contribution in [0.2, 0.25) is 0 Å².